The van der Waals surface area contributed by atoms with Crippen LogP contribution in [0.2, 0.25) is 5.02 Å². The maximum atomic E-state index is 13.4. The van der Waals surface area contributed by atoms with Crippen LogP contribution in [0.15, 0.2) is 47.4 Å². The van der Waals surface area contributed by atoms with Crippen molar-refractivity contribution in [2.24, 2.45) is 5.92 Å². The van der Waals surface area contributed by atoms with E-state index in [1.807, 2.05) is 19.1 Å². The smallest absolute Gasteiger partial charge is 0.243 e. The standard InChI is InChI=1S/C20H21ClF2N2O3S/c1-13(15-3-2-4-16(21)11-15)24-20(26)14-7-9-25(10-8-14)29(27,28)17-5-6-18(22)19(23)12-17/h2-6,11-14H,7-10H2,1H3,(H,24,26). The molecule has 1 aliphatic rings. The van der Waals surface area contributed by atoms with Crippen molar-refractivity contribution in [2.75, 3.05) is 13.1 Å². The van der Waals surface area contributed by atoms with Gasteiger partial charge >= 0.3 is 0 Å². The first-order valence-electron chi connectivity index (χ1n) is 9.19. The Kier molecular flexibility index (Phi) is 6.55. The molecule has 156 valence electrons. The normalized spacial score (nSPS) is 17.1. The van der Waals surface area contributed by atoms with Crippen LogP contribution in [0, 0.1) is 17.6 Å². The first kappa shape index (κ1) is 21.7. The van der Waals surface area contributed by atoms with E-state index in [9.17, 15) is 22.0 Å². The summed E-state index contributed by atoms with van der Waals surface area (Å²) >= 11 is 5.98. The highest BCUT2D eigenvalue weighted by Gasteiger charge is 2.33. The van der Waals surface area contributed by atoms with Gasteiger partial charge in [-0.25, -0.2) is 17.2 Å². The van der Waals surface area contributed by atoms with E-state index in [0.29, 0.717) is 23.9 Å². The Morgan fingerprint density at radius 1 is 1.14 bits per heavy atom. The van der Waals surface area contributed by atoms with Crippen LogP contribution in [0.25, 0.3) is 0 Å². The third kappa shape index (κ3) is 4.94. The van der Waals surface area contributed by atoms with Gasteiger partial charge in [-0.3, -0.25) is 4.79 Å². The maximum Gasteiger partial charge on any atom is 0.243 e. The van der Waals surface area contributed by atoms with Gasteiger partial charge in [0.1, 0.15) is 0 Å². The van der Waals surface area contributed by atoms with Crippen molar-refractivity contribution in [3.63, 3.8) is 0 Å². The molecule has 1 aliphatic heterocycles. The van der Waals surface area contributed by atoms with Gasteiger partial charge in [-0.2, -0.15) is 4.31 Å². The lowest BCUT2D eigenvalue weighted by Gasteiger charge is -2.31. The second-order valence-electron chi connectivity index (χ2n) is 7.04. The SMILES string of the molecule is CC(NC(=O)C1CCN(S(=O)(=O)c2ccc(F)c(F)c2)CC1)c1cccc(Cl)c1. The number of hydrogen-bond donors (Lipinski definition) is 1. The van der Waals surface area contributed by atoms with E-state index in [1.165, 1.54) is 4.31 Å². The van der Waals surface area contributed by atoms with Gasteiger partial charge in [-0.05, 0) is 55.7 Å². The molecule has 0 radical (unpaired) electrons. The van der Waals surface area contributed by atoms with Crippen LogP contribution in [-0.4, -0.2) is 31.7 Å². The third-order valence-corrected chi connectivity index (χ3v) is 7.19. The Morgan fingerprint density at radius 3 is 2.45 bits per heavy atom. The van der Waals surface area contributed by atoms with Gasteiger partial charge in [-0.1, -0.05) is 23.7 Å². The van der Waals surface area contributed by atoms with Gasteiger partial charge in [0, 0.05) is 24.0 Å². The van der Waals surface area contributed by atoms with E-state index in [2.05, 4.69) is 5.32 Å². The second kappa shape index (κ2) is 8.77. The minimum absolute atomic E-state index is 0.130. The van der Waals surface area contributed by atoms with Crippen molar-refractivity contribution in [3.05, 3.63) is 64.7 Å². The van der Waals surface area contributed by atoms with Crippen LogP contribution in [0.4, 0.5) is 8.78 Å². The number of carbonyl (C=O) groups is 1. The summed E-state index contributed by atoms with van der Waals surface area (Å²) in [7, 11) is -3.94. The first-order valence-corrected chi connectivity index (χ1v) is 11.0. The molecule has 2 aromatic rings. The van der Waals surface area contributed by atoms with Gasteiger partial charge < -0.3 is 5.32 Å². The van der Waals surface area contributed by atoms with Crippen LogP contribution in [0.3, 0.4) is 0 Å². The Balaban J connectivity index is 1.60. The summed E-state index contributed by atoms with van der Waals surface area (Å²) in [4.78, 5) is 12.3. The van der Waals surface area contributed by atoms with E-state index in [-0.39, 0.29) is 35.9 Å². The minimum atomic E-state index is -3.94. The second-order valence-corrected chi connectivity index (χ2v) is 9.41. The highest BCUT2D eigenvalue weighted by atomic mass is 35.5. The molecule has 0 aliphatic carbocycles. The predicted molar refractivity (Wildman–Crippen MR) is 106 cm³/mol. The number of sulfonamides is 1. The molecule has 3 rings (SSSR count). The van der Waals surface area contributed by atoms with Gasteiger partial charge in [0.15, 0.2) is 11.6 Å². The minimum Gasteiger partial charge on any atom is -0.349 e. The Hall–Kier alpha value is -2.03. The summed E-state index contributed by atoms with van der Waals surface area (Å²) in [6.07, 6.45) is 0.689. The van der Waals surface area contributed by atoms with Crippen molar-refractivity contribution in [1.29, 1.82) is 0 Å². The van der Waals surface area contributed by atoms with Crippen LogP contribution >= 0.6 is 11.6 Å². The lowest BCUT2D eigenvalue weighted by Crippen LogP contribution is -2.43. The molecule has 1 atom stereocenters. The lowest BCUT2D eigenvalue weighted by atomic mass is 9.96. The number of amides is 1. The average molecular weight is 443 g/mol. The number of nitrogens with zero attached hydrogens (tertiary/aromatic N) is 1. The monoisotopic (exact) mass is 442 g/mol. The van der Waals surface area contributed by atoms with E-state index >= 15 is 0 Å². The lowest BCUT2D eigenvalue weighted by molar-refractivity contribution is -0.126. The number of halogens is 3. The summed E-state index contributed by atoms with van der Waals surface area (Å²) < 4.78 is 53.0. The first-order chi connectivity index (χ1) is 13.7. The number of benzene rings is 2. The summed E-state index contributed by atoms with van der Waals surface area (Å²) in [6, 6.07) is 9.49. The van der Waals surface area contributed by atoms with Crippen molar-refractivity contribution in [3.8, 4) is 0 Å². The number of carbonyl (C=O) groups excluding carboxylic acids is 1. The summed E-state index contributed by atoms with van der Waals surface area (Å²) in [6.45, 7) is 2.11. The molecule has 0 saturated carbocycles. The number of rotatable bonds is 5. The van der Waals surface area contributed by atoms with E-state index in [0.717, 1.165) is 17.7 Å². The molecule has 1 heterocycles. The Morgan fingerprint density at radius 2 is 1.83 bits per heavy atom. The quantitative estimate of drug-likeness (QED) is 0.763. The van der Waals surface area contributed by atoms with Crippen molar-refractivity contribution in [2.45, 2.75) is 30.7 Å². The van der Waals surface area contributed by atoms with Crippen LogP contribution in [0.1, 0.15) is 31.4 Å². The highest BCUT2D eigenvalue weighted by molar-refractivity contribution is 7.89. The van der Waals surface area contributed by atoms with Gasteiger partial charge in [0.05, 0.1) is 10.9 Å². The zero-order valence-electron chi connectivity index (χ0n) is 15.7. The fraction of sp³-hybridized carbons (Fsp3) is 0.350. The molecule has 1 N–H and O–H groups in total. The van der Waals surface area contributed by atoms with E-state index in [4.69, 9.17) is 11.6 Å². The molecular weight excluding hydrogens is 422 g/mol. The molecule has 5 nitrogen and oxygen atoms in total. The summed E-state index contributed by atoms with van der Waals surface area (Å²) in [5.41, 5.74) is 0.879. The van der Waals surface area contributed by atoms with Crippen molar-refractivity contribution < 1.29 is 22.0 Å². The zero-order chi connectivity index (χ0) is 21.2. The third-order valence-electron chi connectivity index (χ3n) is 5.06. The summed E-state index contributed by atoms with van der Waals surface area (Å²) in [5.74, 6) is -2.79. The molecule has 1 unspecified atom stereocenters. The van der Waals surface area contributed by atoms with Gasteiger partial charge in [0.2, 0.25) is 15.9 Å². The average Bonchev–Trinajstić information content (AvgIpc) is 2.70. The summed E-state index contributed by atoms with van der Waals surface area (Å²) in [5, 5.41) is 3.52. The molecule has 0 bridgehead atoms. The van der Waals surface area contributed by atoms with E-state index < -0.39 is 21.7 Å². The van der Waals surface area contributed by atoms with Gasteiger partial charge in [0.25, 0.3) is 0 Å². The molecule has 9 heteroatoms. The van der Waals surface area contributed by atoms with Crippen LogP contribution in [0.5, 0.6) is 0 Å². The van der Waals surface area contributed by atoms with E-state index in [1.54, 1.807) is 12.1 Å². The fourth-order valence-electron chi connectivity index (χ4n) is 3.34. The molecule has 29 heavy (non-hydrogen) atoms. The van der Waals surface area contributed by atoms with Crippen LogP contribution < -0.4 is 5.32 Å². The largest absolute Gasteiger partial charge is 0.349 e. The number of piperidine rings is 1. The number of hydrogen-bond acceptors (Lipinski definition) is 3. The fourth-order valence-corrected chi connectivity index (χ4v) is 5.02. The zero-order valence-corrected chi connectivity index (χ0v) is 17.3. The number of nitrogens with one attached hydrogen (secondary N) is 1. The van der Waals surface area contributed by atoms with Crippen molar-refractivity contribution in [1.82, 2.24) is 9.62 Å². The topological polar surface area (TPSA) is 66.5 Å². The van der Waals surface area contributed by atoms with Crippen LogP contribution in [-0.2, 0) is 14.8 Å². The van der Waals surface area contributed by atoms with Crippen molar-refractivity contribution >= 4 is 27.5 Å². The Labute approximate surface area is 173 Å². The molecular formula is C20H21ClF2N2O3S. The highest BCUT2D eigenvalue weighted by Crippen LogP contribution is 2.26. The Bertz CT molecular complexity index is 1010. The molecule has 0 spiro atoms. The van der Waals surface area contributed by atoms with Gasteiger partial charge in [-0.15, -0.1) is 0 Å². The molecule has 1 fully saturated rings. The molecule has 0 aromatic heterocycles. The molecule has 2 aromatic carbocycles. The predicted octanol–water partition coefficient (Wildman–Crippen LogP) is 3.90. The molecule has 1 saturated heterocycles. The maximum absolute atomic E-state index is 13.4. The molecule has 1 amide bonds.